The molecule has 0 aliphatic heterocycles. The van der Waals surface area contributed by atoms with E-state index in [2.05, 4.69) is 4.99 Å². The molecule has 0 bridgehead atoms. The fourth-order valence-electron chi connectivity index (χ4n) is 1.13. The number of methoxy groups -OCH3 is 1. The van der Waals surface area contributed by atoms with Crippen LogP contribution in [0.4, 0.5) is 0 Å². The minimum absolute atomic E-state index is 0.278. The van der Waals surface area contributed by atoms with Crippen molar-refractivity contribution < 1.29 is 9.53 Å². The fourth-order valence-corrected chi connectivity index (χ4v) is 1.37. The fraction of sp³-hybridized carbons (Fsp3) is 0.300. The maximum absolute atomic E-state index is 9.93. The molecule has 0 aromatic heterocycles. The van der Waals surface area contributed by atoms with E-state index in [1.165, 1.54) is 6.08 Å². The lowest BCUT2D eigenvalue weighted by Crippen LogP contribution is -1.91. The molecule has 0 heterocycles. The molecule has 0 amide bonds. The lowest BCUT2D eigenvalue weighted by Gasteiger charge is -2.07. The third-order valence-electron chi connectivity index (χ3n) is 1.90. The van der Waals surface area contributed by atoms with E-state index in [0.29, 0.717) is 10.8 Å². The Morgan fingerprint density at radius 2 is 2.29 bits per heavy atom. The summed E-state index contributed by atoms with van der Waals surface area (Å²) >= 11 is 5.96. The molecule has 1 rings (SSSR count). The quantitative estimate of drug-likeness (QED) is 0.569. The van der Waals surface area contributed by atoms with Crippen molar-refractivity contribution in [3.8, 4) is 5.75 Å². The van der Waals surface area contributed by atoms with E-state index >= 15 is 0 Å². The number of benzene rings is 1. The van der Waals surface area contributed by atoms with E-state index in [-0.39, 0.29) is 6.54 Å². The first-order valence-electron chi connectivity index (χ1n) is 4.05. The molecule has 74 valence electrons. The van der Waals surface area contributed by atoms with Gasteiger partial charge >= 0.3 is 0 Å². The number of aliphatic imine (C=N–C) groups is 1. The molecule has 0 atom stereocenters. The van der Waals surface area contributed by atoms with E-state index in [1.54, 1.807) is 13.2 Å². The SMILES string of the molecule is COc1cc(CN=C=O)cc(Cl)c1C. The van der Waals surface area contributed by atoms with Crippen molar-refractivity contribution in [3.05, 3.63) is 28.3 Å². The Morgan fingerprint density at radius 1 is 1.57 bits per heavy atom. The van der Waals surface area contributed by atoms with Gasteiger partial charge in [-0.1, -0.05) is 11.6 Å². The summed E-state index contributed by atoms with van der Waals surface area (Å²) in [5, 5.41) is 0.612. The van der Waals surface area contributed by atoms with Crippen LogP contribution in [0.1, 0.15) is 11.1 Å². The summed E-state index contributed by atoms with van der Waals surface area (Å²) in [5.74, 6) is 0.702. The van der Waals surface area contributed by atoms with Crippen LogP contribution in [0.15, 0.2) is 17.1 Å². The molecule has 4 heteroatoms. The molecule has 0 saturated carbocycles. The van der Waals surface area contributed by atoms with Gasteiger partial charge in [0.15, 0.2) is 0 Å². The van der Waals surface area contributed by atoms with E-state index in [1.807, 2.05) is 13.0 Å². The Hall–Kier alpha value is -1.31. The summed E-state index contributed by atoms with van der Waals surface area (Å²) in [6, 6.07) is 3.57. The number of halogens is 1. The van der Waals surface area contributed by atoms with E-state index in [9.17, 15) is 4.79 Å². The predicted octanol–water partition coefficient (Wildman–Crippen LogP) is 2.49. The summed E-state index contributed by atoms with van der Waals surface area (Å²) < 4.78 is 5.12. The summed E-state index contributed by atoms with van der Waals surface area (Å²) in [7, 11) is 1.57. The molecule has 14 heavy (non-hydrogen) atoms. The zero-order chi connectivity index (χ0) is 10.6. The standard InChI is InChI=1S/C10H10ClNO2/c1-7-9(11)3-8(5-12-6-13)4-10(7)14-2/h3-4H,5H2,1-2H3. The maximum Gasteiger partial charge on any atom is 0.235 e. The van der Waals surface area contributed by atoms with E-state index < -0.39 is 0 Å². The minimum atomic E-state index is 0.278. The smallest absolute Gasteiger partial charge is 0.235 e. The van der Waals surface area contributed by atoms with E-state index in [4.69, 9.17) is 16.3 Å². The average molecular weight is 212 g/mol. The van der Waals surface area contributed by atoms with Gasteiger partial charge in [-0.15, -0.1) is 0 Å². The molecular formula is C10H10ClNO2. The minimum Gasteiger partial charge on any atom is -0.496 e. The highest BCUT2D eigenvalue weighted by molar-refractivity contribution is 6.31. The first-order chi connectivity index (χ1) is 6.69. The Morgan fingerprint density at radius 3 is 2.86 bits per heavy atom. The van der Waals surface area contributed by atoms with Crippen molar-refractivity contribution in [1.29, 1.82) is 0 Å². The summed E-state index contributed by atoms with van der Waals surface area (Å²) in [6.07, 6.45) is 1.48. The Bertz CT molecular complexity index is 384. The molecule has 0 aliphatic rings. The highest BCUT2D eigenvalue weighted by Gasteiger charge is 2.05. The first kappa shape index (κ1) is 10.8. The number of nitrogens with zero attached hydrogens (tertiary/aromatic N) is 1. The Labute approximate surface area is 87.4 Å². The van der Waals surface area contributed by atoms with Gasteiger partial charge in [0.05, 0.1) is 13.7 Å². The number of rotatable bonds is 3. The molecule has 0 spiro atoms. The molecule has 3 nitrogen and oxygen atoms in total. The van der Waals surface area contributed by atoms with Gasteiger partial charge in [0, 0.05) is 10.6 Å². The van der Waals surface area contributed by atoms with Crippen LogP contribution in [0.25, 0.3) is 0 Å². The highest BCUT2D eigenvalue weighted by atomic mass is 35.5. The number of ether oxygens (including phenoxy) is 1. The van der Waals surface area contributed by atoms with Crippen LogP contribution < -0.4 is 4.74 Å². The molecule has 0 fully saturated rings. The van der Waals surface area contributed by atoms with Gasteiger partial charge in [-0.05, 0) is 24.6 Å². The van der Waals surface area contributed by atoms with E-state index in [0.717, 1.165) is 11.1 Å². The third-order valence-corrected chi connectivity index (χ3v) is 2.30. The molecule has 0 saturated heterocycles. The molecular weight excluding hydrogens is 202 g/mol. The first-order valence-corrected chi connectivity index (χ1v) is 4.43. The van der Waals surface area contributed by atoms with Crippen LogP contribution >= 0.6 is 11.6 Å². The van der Waals surface area contributed by atoms with Crippen molar-refractivity contribution in [2.75, 3.05) is 7.11 Å². The Kier molecular flexibility index (Phi) is 3.69. The molecule has 1 aromatic carbocycles. The summed E-state index contributed by atoms with van der Waals surface area (Å²) in [6.45, 7) is 2.15. The third kappa shape index (κ3) is 2.34. The molecule has 0 aliphatic carbocycles. The van der Waals surface area contributed by atoms with Gasteiger partial charge in [0.2, 0.25) is 6.08 Å². The zero-order valence-electron chi connectivity index (χ0n) is 8.00. The lowest BCUT2D eigenvalue weighted by molar-refractivity contribution is 0.411. The van der Waals surface area contributed by atoms with Crippen molar-refractivity contribution >= 4 is 17.7 Å². The van der Waals surface area contributed by atoms with Gasteiger partial charge < -0.3 is 4.74 Å². The summed E-state index contributed by atoms with van der Waals surface area (Å²) in [5.41, 5.74) is 1.72. The number of isocyanates is 1. The number of hydrogen-bond donors (Lipinski definition) is 0. The molecule has 0 N–H and O–H groups in total. The van der Waals surface area contributed by atoms with Gasteiger partial charge in [0.1, 0.15) is 5.75 Å². The van der Waals surface area contributed by atoms with Gasteiger partial charge in [-0.2, -0.15) is 0 Å². The van der Waals surface area contributed by atoms with Crippen LogP contribution in [0, 0.1) is 6.92 Å². The second-order valence-corrected chi connectivity index (χ2v) is 3.22. The molecule has 1 aromatic rings. The lowest BCUT2D eigenvalue weighted by atomic mass is 10.1. The second-order valence-electron chi connectivity index (χ2n) is 2.81. The van der Waals surface area contributed by atoms with Gasteiger partial charge in [0.25, 0.3) is 0 Å². The zero-order valence-corrected chi connectivity index (χ0v) is 8.76. The topological polar surface area (TPSA) is 38.7 Å². The van der Waals surface area contributed by atoms with Crippen molar-refractivity contribution in [3.63, 3.8) is 0 Å². The van der Waals surface area contributed by atoms with Crippen LogP contribution in [-0.4, -0.2) is 13.2 Å². The van der Waals surface area contributed by atoms with Crippen LogP contribution in [-0.2, 0) is 11.3 Å². The van der Waals surface area contributed by atoms with Gasteiger partial charge in [-0.3, -0.25) is 0 Å². The van der Waals surface area contributed by atoms with Crippen LogP contribution in [0.2, 0.25) is 5.02 Å². The average Bonchev–Trinajstić information content (AvgIpc) is 2.19. The van der Waals surface area contributed by atoms with Crippen molar-refractivity contribution in [1.82, 2.24) is 0 Å². The van der Waals surface area contributed by atoms with Crippen LogP contribution in [0.3, 0.4) is 0 Å². The monoisotopic (exact) mass is 211 g/mol. The molecule has 0 radical (unpaired) electrons. The van der Waals surface area contributed by atoms with Crippen molar-refractivity contribution in [2.24, 2.45) is 4.99 Å². The van der Waals surface area contributed by atoms with Crippen molar-refractivity contribution in [2.45, 2.75) is 13.5 Å². The highest BCUT2D eigenvalue weighted by Crippen LogP contribution is 2.27. The second kappa shape index (κ2) is 4.80. The predicted molar refractivity (Wildman–Crippen MR) is 54.6 cm³/mol. The number of hydrogen-bond acceptors (Lipinski definition) is 3. The largest absolute Gasteiger partial charge is 0.496 e. The molecule has 0 unspecified atom stereocenters. The normalized spacial score (nSPS) is 9.36. The van der Waals surface area contributed by atoms with Gasteiger partial charge in [-0.25, -0.2) is 9.79 Å². The maximum atomic E-state index is 9.93. The Balaban J connectivity index is 3.09. The number of carbonyl (C=O) groups excluding carboxylic acids is 1. The van der Waals surface area contributed by atoms with Crippen LogP contribution in [0.5, 0.6) is 5.75 Å². The summed E-state index contributed by atoms with van der Waals surface area (Å²) in [4.78, 5) is 13.4.